The Balaban J connectivity index is 1.62. The van der Waals surface area contributed by atoms with Gasteiger partial charge in [-0.2, -0.15) is 13.2 Å². The Morgan fingerprint density at radius 1 is 1.06 bits per heavy atom. The van der Waals surface area contributed by atoms with Gasteiger partial charge in [-0.3, -0.25) is 9.59 Å². The first-order chi connectivity index (χ1) is 15.2. The molecule has 11 heteroatoms. The van der Waals surface area contributed by atoms with Gasteiger partial charge in [-0.1, -0.05) is 0 Å². The molecule has 0 fully saturated rings. The zero-order valence-corrected chi connectivity index (χ0v) is 16.8. The standard InChI is InChI=1S/C21H20F3N5O3/c22-21(23,24)13-1-4-15(5-2-13)29(9-10-30)19(32)8-7-18(31)28-14-3-6-16-17(11-14)26-12-27-20(16)25/h1-6,11-12,30H,7-10H2,(H,28,31)(H2,25,26,27). The molecule has 0 aliphatic heterocycles. The second-order valence-electron chi connectivity index (χ2n) is 6.85. The molecule has 3 rings (SSSR count). The van der Waals surface area contributed by atoms with Crippen molar-refractivity contribution < 1.29 is 27.9 Å². The number of hydrogen-bond donors (Lipinski definition) is 3. The van der Waals surface area contributed by atoms with Crippen LogP contribution in [0.4, 0.5) is 30.4 Å². The first-order valence-corrected chi connectivity index (χ1v) is 9.57. The van der Waals surface area contributed by atoms with Crippen molar-refractivity contribution in [3.63, 3.8) is 0 Å². The molecular formula is C21H20F3N5O3. The predicted octanol–water partition coefficient (Wildman–Crippen LogP) is 2.98. The molecule has 0 bridgehead atoms. The Bertz CT molecular complexity index is 1120. The van der Waals surface area contributed by atoms with E-state index in [1.54, 1.807) is 18.2 Å². The highest BCUT2D eigenvalue weighted by Crippen LogP contribution is 2.30. The van der Waals surface area contributed by atoms with E-state index in [0.717, 1.165) is 29.2 Å². The van der Waals surface area contributed by atoms with Crippen LogP contribution in [-0.2, 0) is 15.8 Å². The Morgan fingerprint density at radius 3 is 2.44 bits per heavy atom. The van der Waals surface area contributed by atoms with Crippen molar-refractivity contribution in [2.75, 3.05) is 29.1 Å². The van der Waals surface area contributed by atoms with Crippen LogP contribution in [0.1, 0.15) is 18.4 Å². The molecular weight excluding hydrogens is 427 g/mol. The van der Waals surface area contributed by atoms with Crippen LogP contribution >= 0.6 is 0 Å². The maximum absolute atomic E-state index is 12.7. The van der Waals surface area contributed by atoms with Crippen molar-refractivity contribution >= 4 is 39.9 Å². The molecule has 3 aromatic rings. The van der Waals surface area contributed by atoms with E-state index < -0.39 is 23.6 Å². The Labute approximate surface area is 180 Å². The van der Waals surface area contributed by atoms with E-state index in [0.29, 0.717) is 22.4 Å². The second kappa shape index (κ2) is 9.60. The van der Waals surface area contributed by atoms with E-state index in [9.17, 15) is 27.9 Å². The lowest BCUT2D eigenvalue weighted by molar-refractivity contribution is -0.137. The van der Waals surface area contributed by atoms with Gasteiger partial charge in [0.25, 0.3) is 0 Å². The summed E-state index contributed by atoms with van der Waals surface area (Å²) in [5.41, 5.74) is 6.12. The largest absolute Gasteiger partial charge is 0.416 e. The number of hydrogen-bond acceptors (Lipinski definition) is 6. The molecule has 2 amide bonds. The fraction of sp³-hybridized carbons (Fsp3) is 0.238. The maximum Gasteiger partial charge on any atom is 0.416 e. The number of aromatic nitrogens is 2. The van der Waals surface area contributed by atoms with Gasteiger partial charge in [-0.25, -0.2) is 9.97 Å². The summed E-state index contributed by atoms with van der Waals surface area (Å²) in [6, 6.07) is 8.93. The molecule has 32 heavy (non-hydrogen) atoms. The second-order valence-corrected chi connectivity index (χ2v) is 6.85. The third-order valence-corrected chi connectivity index (χ3v) is 4.65. The number of aliphatic hydroxyl groups is 1. The summed E-state index contributed by atoms with van der Waals surface area (Å²) in [7, 11) is 0. The Morgan fingerprint density at radius 2 is 1.78 bits per heavy atom. The first kappa shape index (κ1) is 22.9. The third-order valence-electron chi connectivity index (χ3n) is 4.65. The van der Waals surface area contributed by atoms with E-state index in [1.165, 1.54) is 6.33 Å². The highest BCUT2D eigenvalue weighted by molar-refractivity contribution is 5.99. The van der Waals surface area contributed by atoms with Crippen molar-refractivity contribution in [3.8, 4) is 0 Å². The summed E-state index contributed by atoms with van der Waals surface area (Å²) in [5, 5.41) is 12.5. The number of amides is 2. The van der Waals surface area contributed by atoms with E-state index >= 15 is 0 Å². The number of aliphatic hydroxyl groups excluding tert-OH is 1. The number of benzene rings is 2. The minimum atomic E-state index is -4.50. The maximum atomic E-state index is 12.7. The summed E-state index contributed by atoms with van der Waals surface area (Å²) in [6.45, 7) is -0.501. The van der Waals surface area contributed by atoms with Crippen LogP contribution in [-0.4, -0.2) is 40.0 Å². The molecule has 0 saturated heterocycles. The lowest BCUT2D eigenvalue weighted by Crippen LogP contribution is -2.34. The van der Waals surface area contributed by atoms with Crippen LogP contribution in [0.5, 0.6) is 0 Å². The van der Waals surface area contributed by atoms with Crippen LogP contribution in [0, 0.1) is 0 Å². The Hall–Kier alpha value is -3.73. The summed E-state index contributed by atoms with van der Waals surface area (Å²) in [6.07, 6.45) is -3.55. The van der Waals surface area contributed by atoms with Crippen molar-refractivity contribution in [2.24, 2.45) is 0 Å². The topological polar surface area (TPSA) is 121 Å². The zero-order chi connectivity index (χ0) is 23.3. The number of halogens is 3. The van der Waals surface area contributed by atoms with Gasteiger partial charge in [0.2, 0.25) is 11.8 Å². The number of nitrogens with one attached hydrogen (secondary N) is 1. The van der Waals surface area contributed by atoms with Gasteiger partial charge >= 0.3 is 6.18 Å². The van der Waals surface area contributed by atoms with Gasteiger partial charge in [0, 0.05) is 36.1 Å². The number of anilines is 3. The number of nitrogens with zero attached hydrogens (tertiary/aromatic N) is 3. The molecule has 2 aromatic carbocycles. The highest BCUT2D eigenvalue weighted by Gasteiger charge is 2.30. The smallest absolute Gasteiger partial charge is 0.395 e. The predicted molar refractivity (Wildman–Crippen MR) is 113 cm³/mol. The first-order valence-electron chi connectivity index (χ1n) is 9.57. The van der Waals surface area contributed by atoms with Gasteiger partial charge in [-0.05, 0) is 42.5 Å². The minimum Gasteiger partial charge on any atom is -0.395 e. The molecule has 0 unspecified atom stereocenters. The minimum absolute atomic E-state index is 0.113. The van der Waals surface area contributed by atoms with Crippen molar-refractivity contribution in [1.29, 1.82) is 0 Å². The lowest BCUT2D eigenvalue weighted by Gasteiger charge is -2.22. The number of rotatable bonds is 7. The SMILES string of the molecule is Nc1ncnc2cc(NC(=O)CCC(=O)N(CCO)c3ccc(C(F)(F)F)cc3)ccc12. The average molecular weight is 447 g/mol. The number of alkyl halides is 3. The molecule has 0 saturated carbocycles. The van der Waals surface area contributed by atoms with Crippen LogP contribution in [0.25, 0.3) is 10.9 Å². The highest BCUT2D eigenvalue weighted by atomic mass is 19.4. The molecule has 1 heterocycles. The molecule has 0 atom stereocenters. The quantitative estimate of drug-likeness (QED) is 0.512. The van der Waals surface area contributed by atoms with Gasteiger partial charge in [0.15, 0.2) is 0 Å². The van der Waals surface area contributed by atoms with Crippen LogP contribution in [0.3, 0.4) is 0 Å². The van der Waals surface area contributed by atoms with Gasteiger partial charge < -0.3 is 21.1 Å². The molecule has 1 aromatic heterocycles. The monoisotopic (exact) mass is 447 g/mol. The fourth-order valence-corrected chi connectivity index (χ4v) is 3.06. The van der Waals surface area contributed by atoms with Crippen LogP contribution in [0.15, 0.2) is 48.8 Å². The molecule has 0 aliphatic carbocycles. The van der Waals surface area contributed by atoms with Crippen molar-refractivity contribution in [2.45, 2.75) is 19.0 Å². The lowest BCUT2D eigenvalue weighted by atomic mass is 10.1. The zero-order valence-electron chi connectivity index (χ0n) is 16.8. The molecule has 0 spiro atoms. The normalized spacial score (nSPS) is 11.4. The summed E-state index contributed by atoms with van der Waals surface area (Å²) < 4.78 is 38.2. The number of nitrogen functional groups attached to an aromatic ring is 1. The number of nitrogens with two attached hydrogens (primary N) is 1. The van der Waals surface area contributed by atoms with E-state index in [1.807, 2.05) is 0 Å². The van der Waals surface area contributed by atoms with Gasteiger partial charge in [-0.15, -0.1) is 0 Å². The summed E-state index contributed by atoms with van der Waals surface area (Å²) in [4.78, 5) is 34.0. The summed E-state index contributed by atoms with van der Waals surface area (Å²) >= 11 is 0. The average Bonchev–Trinajstić information content (AvgIpc) is 2.75. The van der Waals surface area contributed by atoms with Gasteiger partial charge in [0.1, 0.15) is 12.1 Å². The Kier molecular flexibility index (Phi) is 6.89. The molecule has 8 nitrogen and oxygen atoms in total. The molecule has 0 radical (unpaired) electrons. The van der Waals surface area contributed by atoms with Gasteiger partial charge in [0.05, 0.1) is 17.7 Å². The molecule has 168 valence electrons. The fourth-order valence-electron chi connectivity index (χ4n) is 3.06. The summed E-state index contributed by atoms with van der Waals surface area (Å²) in [5.74, 6) is -0.630. The molecule has 0 aliphatic rings. The third kappa shape index (κ3) is 5.49. The van der Waals surface area contributed by atoms with Crippen LogP contribution in [0.2, 0.25) is 0 Å². The van der Waals surface area contributed by atoms with Crippen LogP contribution < -0.4 is 16.0 Å². The number of carbonyl (C=O) groups is 2. The molecule has 4 N–H and O–H groups in total. The number of fused-ring (bicyclic) bond motifs is 1. The van der Waals surface area contributed by atoms with Crippen molar-refractivity contribution in [3.05, 3.63) is 54.4 Å². The van der Waals surface area contributed by atoms with E-state index in [-0.39, 0.29) is 31.7 Å². The number of carbonyl (C=O) groups excluding carboxylic acids is 2. The van der Waals surface area contributed by atoms with Crippen molar-refractivity contribution in [1.82, 2.24) is 9.97 Å². The van der Waals surface area contributed by atoms with E-state index in [2.05, 4.69) is 15.3 Å². The van der Waals surface area contributed by atoms with E-state index in [4.69, 9.17) is 5.73 Å².